The minimum Gasteiger partial charge on any atom is -0.501 e. The molecule has 1 aromatic rings. The van der Waals surface area contributed by atoms with E-state index in [2.05, 4.69) is 9.97 Å². The molecule has 0 amide bonds. The highest BCUT2D eigenvalue weighted by Gasteiger charge is 2.15. The van der Waals surface area contributed by atoms with Gasteiger partial charge in [0.25, 0.3) is 0 Å². The number of hydrogen-bond acceptors (Lipinski definition) is 4. The zero-order chi connectivity index (χ0) is 9.80. The molecule has 0 fully saturated rings. The summed E-state index contributed by atoms with van der Waals surface area (Å²) in [6, 6.07) is -0.177. The quantitative estimate of drug-likeness (QED) is 0.762. The summed E-state index contributed by atoms with van der Waals surface area (Å²) in [6.07, 6.45) is 8.75. The van der Waals surface area contributed by atoms with Gasteiger partial charge in [-0.1, -0.05) is 0 Å². The average molecular weight is 191 g/mol. The zero-order valence-corrected chi connectivity index (χ0v) is 7.89. The molecule has 0 bridgehead atoms. The van der Waals surface area contributed by atoms with Crippen LogP contribution < -0.4 is 5.73 Å². The maximum absolute atomic E-state index is 6.02. The molecule has 0 aliphatic carbocycles. The van der Waals surface area contributed by atoms with Crippen LogP contribution in [0.15, 0.2) is 30.4 Å². The Hall–Kier alpha value is -1.42. The maximum Gasteiger partial charge on any atom is 0.0876 e. The van der Waals surface area contributed by atoms with Crippen LogP contribution in [0.5, 0.6) is 0 Å². The van der Waals surface area contributed by atoms with E-state index < -0.39 is 0 Å². The van der Waals surface area contributed by atoms with Gasteiger partial charge in [0.15, 0.2) is 0 Å². The Bertz CT molecular complexity index is 323. The van der Waals surface area contributed by atoms with E-state index in [0.717, 1.165) is 30.7 Å². The lowest BCUT2D eigenvalue weighted by atomic mass is 10.0. The molecule has 2 N–H and O–H groups in total. The van der Waals surface area contributed by atoms with Crippen molar-refractivity contribution in [2.75, 3.05) is 6.61 Å². The summed E-state index contributed by atoms with van der Waals surface area (Å²) in [5.41, 5.74) is 7.91. The van der Waals surface area contributed by atoms with Crippen molar-refractivity contribution in [1.82, 2.24) is 9.97 Å². The van der Waals surface area contributed by atoms with Crippen molar-refractivity contribution in [1.29, 1.82) is 0 Å². The Morgan fingerprint density at radius 3 is 3.00 bits per heavy atom. The molecule has 2 heterocycles. The highest BCUT2D eigenvalue weighted by Crippen LogP contribution is 2.23. The second-order valence-electron chi connectivity index (χ2n) is 3.28. The van der Waals surface area contributed by atoms with E-state index in [1.54, 1.807) is 24.9 Å². The van der Waals surface area contributed by atoms with Crippen LogP contribution in [0.4, 0.5) is 0 Å². The molecule has 1 aliphatic rings. The van der Waals surface area contributed by atoms with Gasteiger partial charge >= 0.3 is 0 Å². The van der Waals surface area contributed by atoms with Crippen molar-refractivity contribution < 1.29 is 4.74 Å². The highest BCUT2D eigenvalue weighted by molar-refractivity contribution is 5.18. The van der Waals surface area contributed by atoms with Gasteiger partial charge in [-0.25, -0.2) is 0 Å². The van der Waals surface area contributed by atoms with E-state index in [9.17, 15) is 0 Å². The molecule has 0 aromatic carbocycles. The molecule has 0 radical (unpaired) electrons. The Morgan fingerprint density at radius 1 is 1.43 bits per heavy atom. The van der Waals surface area contributed by atoms with Gasteiger partial charge in [0, 0.05) is 12.4 Å². The smallest absolute Gasteiger partial charge is 0.0876 e. The molecule has 1 aliphatic heterocycles. The Kier molecular flexibility index (Phi) is 2.74. The normalized spacial score (nSPS) is 18.2. The Balaban J connectivity index is 2.15. The van der Waals surface area contributed by atoms with Crippen LogP contribution in [0.25, 0.3) is 0 Å². The monoisotopic (exact) mass is 191 g/mol. The summed E-state index contributed by atoms with van der Waals surface area (Å²) in [5, 5.41) is 0. The molecular weight excluding hydrogens is 178 g/mol. The number of nitrogens with two attached hydrogens (primary N) is 1. The van der Waals surface area contributed by atoms with Crippen molar-refractivity contribution in [3.05, 3.63) is 36.1 Å². The van der Waals surface area contributed by atoms with Gasteiger partial charge in [0.1, 0.15) is 0 Å². The fraction of sp³-hybridized carbons (Fsp3) is 0.400. The van der Waals surface area contributed by atoms with E-state index in [1.807, 2.05) is 0 Å². The SMILES string of the molecule is NC(C1=COCCC1)c1cnccn1. The maximum atomic E-state index is 6.02. The van der Waals surface area contributed by atoms with Crippen LogP contribution in [0, 0.1) is 0 Å². The van der Waals surface area contributed by atoms with Gasteiger partial charge in [-0.2, -0.15) is 0 Å². The van der Waals surface area contributed by atoms with E-state index in [0.29, 0.717) is 0 Å². The van der Waals surface area contributed by atoms with Gasteiger partial charge in [-0.15, -0.1) is 0 Å². The molecule has 4 heteroatoms. The first-order valence-corrected chi connectivity index (χ1v) is 4.70. The van der Waals surface area contributed by atoms with Gasteiger partial charge in [0.05, 0.1) is 30.8 Å². The number of nitrogens with zero attached hydrogens (tertiary/aromatic N) is 2. The fourth-order valence-electron chi connectivity index (χ4n) is 1.47. The van der Waals surface area contributed by atoms with Crippen LogP contribution in [0.2, 0.25) is 0 Å². The lowest BCUT2D eigenvalue weighted by Crippen LogP contribution is -2.17. The molecule has 0 spiro atoms. The number of ether oxygens (including phenoxy) is 1. The third kappa shape index (κ3) is 1.90. The van der Waals surface area contributed by atoms with Crippen LogP contribution in [-0.4, -0.2) is 16.6 Å². The van der Waals surface area contributed by atoms with Crippen LogP contribution in [-0.2, 0) is 4.74 Å². The third-order valence-electron chi connectivity index (χ3n) is 2.26. The van der Waals surface area contributed by atoms with Crippen LogP contribution in [0.1, 0.15) is 24.6 Å². The van der Waals surface area contributed by atoms with Crippen molar-refractivity contribution in [3.8, 4) is 0 Å². The summed E-state index contributed by atoms with van der Waals surface area (Å²) in [6.45, 7) is 0.788. The molecule has 0 saturated carbocycles. The van der Waals surface area contributed by atoms with Crippen molar-refractivity contribution >= 4 is 0 Å². The second-order valence-corrected chi connectivity index (χ2v) is 3.28. The standard InChI is InChI=1S/C10H13N3O/c11-10(8-2-1-5-14-7-8)9-6-12-3-4-13-9/h3-4,6-7,10H,1-2,5,11H2. The van der Waals surface area contributed by atoms with E-state index in [4.69, 9.17) is 10.5 Å². The predicted molar refractivity (Wildman–Crippen MR) is 52.2 cm³/mol. The first-order chi connectivity index (χ1) is 6.88. The summed E-state index contributed by atoms with van der Waals surface area (Å²) >= 11 is 0. The molecule has 1 atom stereocenters. The van der Waals surface area contributed by atoms with Crippen LogP contribution >= 0.6 is 0 Å². The largest absolute Gasteiger partial charge is 0.501 e. The fourth-order valence-corrected chi connectivity index (χ4v) is 1.47. The molecular formula is C10H13N3O. The van der Waals surface area contributed by atoms with Gasteiger partial charge < -0.3 is 10.5 Å². The third-order valence-corrected chi connectivity index (χ3v) is 2.26. The van der Waals surface area contributed by atoms with Crippen LogP contribution in [0.3, 0.4) is 0 Å². The van der Waals surface area contributed by atoms with E-state index >= 15 is 0 Å². The van der Waals surface area contributed by atoms with Gasteiger partial charge in [0.2, 0.25) is 0 Å². The summed E-state index contributed by atoms with van der Waals surface area (Å²) in [5.74, 6) is 0. The molecule has 4 nitrogen and oxygen atoms in total. The molecule has 2 rings (SSSR count). The topological polar surface area (TPSA) is 61.0 Å². The van der Waals surface area contributed by atoms with E-state index in [-0.39, 0.29) is 6.04 Å². The molecule has 74 valence electrons. The number of hydrogen-bond donors (Lipinski definition) is 1. The molecule has 0 saturated heterocycles. The zero-order valence-electron chi connectivity index (χ0n) is 7.89. The van der Waals surface area contributed by atoms with Gasteiger partial charge in [-0.05, 0) is 18.4 Å². The first kappa shape index (κ1) is 9.15. The lowest BCUT2D eigenvalue weighted by Gasteiger charge is -2.18. The van der Waals surface area contributed by atoms with Gasteiger partial charge in [-0.3, -0.25) is 9.97 Å². The number of aromatic nitrogens is 2. The Labute approximate surface area is 82.8 Å². The second kappa shape index (κ2) is 4.19. The predicted octanol–water partition coefficient (Wildman–Crippen LogP) is 1.17. The van der Waals surface area contributed by atoms with Crippen molar-refractivity contribution in [3.63, 3.8) is 0 Å². The molecule has 1 aromatic heterocycles. The summed E-state index contributed by atoms with van der Waals surface area (Å²) in [4.78, 5) is 8.16. The molecule has 14 heavy (non-hydrogen) atoms. The summed E-state index contributed by atoms with van der Waals surface area (Å²) in [7, 11) is 0. The highest BCUT2D eigenvalue weighted by atomic mass is 16.5. The van der Waals surface area contributed by atoms with Crippen molar-refractivity contribution in [2.45, 2.75) is 18.9 Å². The Morgan fingerprint density at radius 2 is 2.36 bits per heavy atom. The lowest BCUT2D eigenvalue weighted by molar-refractivity contribution is 0.221. The minimum absolute atomic E-state index is 0.177. The first-order valence-electron chi connectivity index (χ1n) is 4.70. The minimum atomic E-state index is -0.177. The summed E-state index contributed by atoms with van der Waals surface area (Å²) < 4.78 is 5.23. The average Bonchev–Trinajstić information content (AvgIpc) is 2.30. The van der Waals surface area contributed by atoms with Crippen molar-refractivity contribution in [2.24, 2.45) is 5.73 Å². The van der Waals surface area contributed by atoms with E-state index in [1.165, 1.54) is 0 Å². The number of rotatable bonds is 2. The molecule has 1 unspecified atom stereocenters.